The van der Waals surface area contributed by atoms with Crippen LogP contribution in [0.25, 0.3) is 0 Å². The van der Waals surface area contributed by atoms with Gasteiger partial charge in [-0.2, -0.15) is 0 Å². The van der Waals surface area contributed by atoms with Gasteiger partial charge in [0.15, 0.2) is 0 Å². The number of sulfonamides is 1. The number of ether oxygens (including phenoxy) is 1. The lowest BCUT2D eigenvalue weighted by atomic mass is 10.1. The molecule has 0 saturated heterocycles. The minimum Gasteiger partial charge on any atom is -0.377 e. The van der Waals surface area contributed by atoms with Gasteiger partial charge in [0.2, 0.25) is 10.0 Å². The standard InChI is InChI=1S/C14H22N2O3S/c1-10(2)19-7-6-16-11(3)8-12-9-13(20(15,17)18)4-5-14(12)16/h4-5,9-11H,6-8H2,1-3H3,(H2,15,17,18)/t11-/m0/s1. The number of rotatable bonds is 5. The summed E-state index contributed by atoms with van der Waals surface area (Å²) in [6.45, 7) is 7.63. The van der Waals surface area contributed by atoms with Gasteiger partial charge in [-0.3, -0.25) is 0 Å². The Balaban J connectivity index is 2.17. The predicted octanol–water partition coefficient (Wildman–Crippen LogP) is 1.51. The van der Waals surface area contributed by atoms with Gasteiger partial charge in [0.05, 0.1) is 17.6 Å². The molecule has 1 atom stereocenters. The van der Waals surface area contributed by atoms with E-state index < -0.39 is 10.0 Å². The smallest absolute Gasteiger partial charge is 0.238 e. The van der Waals surface area contributed by atoms with E-state index >= 15 is 0 Å². The van der Waals surface area contributed by atoms with Gasteiger partial charge in [0.1, 0.15) is 0 Å². The van der Waals surface area contributed by atoms with Gasteiger partial charge in [-0.1, -0.05) is 0 Å². The molecule has 1 aliphatic heterocycles. The maximum Gasteiger partial charge on any atom is 0.238 e. The Morgan fingerprint density at radius 1 is 1.45 bits per heavy atom. The maximum absolute atomic E-state index is 11.4. The summed E-state index contributed by atoms with van der Waals surface area (Å²) in [6.07, 6.45) is 1.05. The summed E-state index contributed by atoms with van der Waals surface area (Å²) in [6, 6.07) is 5.44. The van der Waals surface area contributed by atoms with Gasteiger partial charge in [-0.05, 0) is 51.0 Å². The summed E-state index contributed by atoms with van der Waals surface area (Å²) in [5.41, 5.74) is 2.12. The molecule has 112 valence electrons. The van der Waals surface area contributed by atoms with Crippen LogP contribution in [0.5, 0.6) is 0 Å². The highest BCUT2D eigenvalue weighted by Crippen LogP contribution is 2.33. The Labute approximate surface area is 120 Å². The topological polar surface area (TPSA) is 72.6 Å². The summed E-state index contributed by atoms with van der Waals surface area (Å²) in [5, 5.41) is 5.17. The Morgan fingerprint density at radius 3 is 2.75 bits per heavy atom. The van der Waals surface area contributed by atoms with E-state index in [1.54, 1.807) is 12.1 Å². The third-order valence-electron chi connectivity index (χ3n) is 3.52. The molecule has 0 amide bonds. The molecule has 0 fully saturated rings. The molecule has 5 nitrogen and oxygen atoms in total. The molecule has 1 aromatic carbocycles. The van der Waals surface area contributed by atoms with Crippen molar-refractivity contribution in [2.75, 3.05) is 18.1 Å². The van der Waals surface area contributed by atoms with E-state index in [1.807, 2.05) is 19.9 Å². The van der Waals surface area contributed by atoms with Gasteiger partial charge in [-0.25, -0.2) is 13.6 Å². The van der Waals surface area contributed by atoms with Crippen LogP contribution in [0.4, 0.5) is 5.69 Å². The molecular weight excluding hydrogens is 276 g/mol. The Hall–Kier alpha value is -1.11. The molecule has 6 heteroatoms. The molecule has 20 heavy (non-hydrogen) atoms. The number of nitrogens with two attached hydrogens (primary N) is 1. The number of nitrogens with zero attached hydrogens (tertiary/aromatic N) is 1. The molecule has 0 aliphatic carbocycles. The maximum atomic E-state index is 11.4. The van der Waals surface area contributed by atoms with Crippen molar-refractivity contribution in [3.05, 3.63) is 23.8 Å². The highest BCUT2D eigenvalue weighted by Gasteiger charge is 2.26. The highest BCUT2D eigenvalue weighted by atomic mass is 32.2. The Bertz CT molecular complexity index is 584. The summed E-state index contributed by atoms with van der Waals surface area (Å²) in [4.78, 5) is 2.44. The van der Waals surface area contributed by atoms with E-state index in [1.165, 1.54) is 0 Å². The first-order chi connectivity index (χ1) is 9.29. The molecule has 0 aromatic heterocycles. The fraction of sp³-hybridized carbons (Fsp3) is 0.571. The Morgan fingerprint density at radius 2 is 2.15 bits per heavy atom. The zero-order valence-corrected chi connectivity index (χ0v) is 13.0. The molecule has 1 aromatic rings. The van der Waals surface area contributed by atoms with E-state index in [0.29, 0.717) is 12.6 Å². The second kappa shape index (κ2) is 5.71. The van der Waals surface area contributed by atoms with Crippen LogP contribution in [0, 0.1) is 0 Å². The third kappa shape index (κ3) is 3.31. The van der Waals surface area contributed by atoms with E-state index in [4.69, 9.17) is 9.88 Å². The predicted molar refractivity (Wildman–Crippen MR) is 79.4 cm³/mol. The van der Waals surface area contributed by atoms with E-state index in [-0.39, 0.29) is 11.0 Å². The average molecular weight is 298 g/mol. The lowest BCUT2D eigenvalue weighted by Gasteiger charge is -2.25. The SMILES string of the molecule is CC(C)OCCN1c2ccc(S(N)(=O)=O)cc2C[C@@H]1C. The molecule has 0 radical (unpaired) electrons. The zero-order valence-electron chi connectivity index (χ0n) is 12.2. The molecule has 2 rings (SSSR count). The first-order valence-corrected chi connectivity index (χ1v) is 8.37. The Kier molecular flexibility index (Phi) is 4.36. The van der Waals surface area contributed by atoms with Crippen molar-refractivity contribution in [2.45, 2.75) is 44.2 Å². The average Bonchev–Trinajstić information content (AvgIpc) is 2.63. The monoisotopic (exact) mass is 298 g/mol. The van der Waals surface area contributed by atoms with Crippen molar-refractivity contribution in [1.29, 1.82) is 0 Å². The molecule has 0 spiro atoms. The second-order valence-corrected chi connectivity index (χ2v) is 7.06. The second-order valence-electron chi connectivity index (χ2n) is 5.50. The highest BCUT2D eigenvalue weighted by molar-refractivity contribution is 7.89. The van der Waals surface area contributed by atoms with Crippen LogP contribution in [0.3, 0.4) is 0 Å². The van der Waals surface area contributed by atoms with Crippen LogP contribution in [0.15, 0.2) is 23.1 Å². The minimum atomic E-state index is -3.63. The first kappa shape index (κ1) is 15.3. The van der Waals surface area contributed by atoms with Crippen LogP contribution in [0.1, 0.15) is 26.3 Å². The van der Waals surface area contributed by atoms with E-state index in [2.05, 4.69) is 11.8 Å². The number of hydrogen-bond acceptors (Lipinski definition) is 4. The molecule has 0 saturated carbocycles. The fourth-order valence-electron chi connectivity index (χ4n) is 2.58. The quantitative estimate of drug-likeness (QED) is 0.894. The molecule has 0 bridgehead atoms. The fourth-order valence-corrected chi connectivity index (χ4v) is 3.14. The van der Waals surface area contributed by atoms with Gasteiger partial charge >= 0.3 is 0 Å². The molecule has 2 N–H and O–H groups in total. The van der Waals surface area contributed by atoms with Crippen molar-refractivity contribution in [3.63, 3.8) is 0 Å². The molecular formula is C14H22N2O3S. The summed E-state index contributed by atoms with van der Waals surface area (Å²) >= 11 is 0. The molecule has 1 aliphatic rings. The van der Waals surface area contributed by atoms with E-state index in [9.17, 15) is 8.42 Å². The van der Waals surface area contributed by atoms with Crippen molar-refractivity contribution in [2.24, 2.45) is 5.14 Å². The van der Waals surface area contributed by atoms with Gasteiger partial charge in [-0.15, -0.1) is 0 Å². The lowest BCUT2D eigenvalue weighted by Crippen LogP contribution is -2.33. The molecule has 0 unspecified atom stereocenters. The number of benzene rings is 1. The van der Waals surface area contributed by atoms with Crippen LogP contribution in [-0.2, 0) is 21.2 Å². The van der Waals surface area contributed by atoms with Crippen molar-refractivity contribution < 1.29 is 13.2 Å². The minimum absolute atomic E-state index is 0.184. The van der Waals surface area contributed by atoms with Crippen LogP contribution in [-0.4, -0.2) is 33.7 Å². The summed E-state index contributed by atoms with van der Waals surface area (Å²) < 4.78 is 28.4. The number of primary sulfonamides is 1. The van der Waals surface area contributed by atoms with Crippen molar-refractivity contribution in [1.82, 2.24) is 0 Å². The molecule has 1 heterocycles. The summed E-state index contributed by atoms with van der Waals surface area (Å²) in [5.74, 6) is 0. The van der Waals surface area contributed by atoms with Gasteiger partial charge in [0, 0.05) is 18.3 Å². The zero-order chi connectivity index (χ0) is 14.9. The van der Waals surface area contributed by atoms with Crippen molar-refractivity contribution >= 4 is 15.7 Å². The normalized spacial score (nSPS) is 18.6. The lowest BCUT2D eigenvalue weighted by molar-refractivity contribution is 0.0835. The largest absolute Gasteiger partial charge is 0.377 e. The van der Waals surface area contributed by atoms with Crippen LogP contribution < -0.4 is 10.0 Å². The third-order valence-corrected chi connectivity index (χ3v) is 4.43. The number of hydrogen-bond donors (Lipinski definition) is 1. The van der Waals surface area contributed by atoms with Crippen molar-refractivity contribution in [3.8, 4) is 0 Å². The van der Waals surface area contributed by atoms with E-state index in [0.717, 1.165) is 24.2 Å². The van der Waals surface area contributed by atoms with Crippen LogP contribution >= 0.6 is 0 Å². The summed E-state index contributed by atoms with van der Waals surface area (Å²) in [7, 11) is -3.63. The number of fused-ring (bicyclic) bond motifs is 1. The van der Waals surface area contributed by atoms with Gasteiger partial charge < -0.3 is 9.64 Å². The van der Waals surface area contributed by atoms with Crippen LogP contribution in [0.2, 0.25) is 0 Å². The van der Waals surface area contributed by atoms with Gasteiger partial charge in [0.25, 0.3) is 0 Å². The first-order valence-electron chi connectivity index (χ1n) is 6.83. The number of anilines is 1.